The predicted molar refractivity (Wildman–Crippen MR) is 176 cm³/mol. The van der Waals surface area contributed by atoms with E-state index in [2.05, 4.69) is 29.1 Å². The summed E-state index contributed by atoms with van der Waals surface area (Å²) in [4.78, 5) is 48.8. The molecule has 3 fully saturated rings. The zero-order valence-electron chi connectivity index (χ0n) is 25.9. The van der Waals surface area contributed by atoms with E-state index in [1.165, 1.54) is 0 Å². The monoisotopic (exact) mass is 663 g/mol. The number of aliphatic hydroxyl groups excluding tert-OH is 1. The number of amides is 3. The molecule has 0 saturated carbocycles. The second kappa shape index (κ2) is 12.6. The number of carbonyl (C=O) groups excluding carboxylic acids is 3. The number of carbonyl (C=O) groups is 3. The number of aryl methyl sites for hydroxylation is 2. The van der Waals surface area contributed by atoms with Crippen molar-refractivity contribution in [2.45, 2.75) is 62.7 Å². The van der Waals surface area contributed by atoms with Crippen LogP contribution < -0.4 is 9.80 Å². The zero-order chi connectivity index (χ0) is 31.9. The van der Waals surface area contributed by atoms with Gasteiger partial charge in [0.05, 0.1) is 30.6 Å². The van der Waals surface area contributed by atoms with Crippen LogP contribution in [0.1, 0.15) is 31.4 Å². The van der Waals surface area contributed by atoms with Crippen LogP contribution in [0.4, 0.5) is 11.4 Å². The molecule has 9 heteroatoms. The Hall–Kier alpha value is -3.27. The van der Waals surface area contributed by atoms with Crippen molar-refractivity contribution in [3.8, 4) is 0 Å². The van der Waals surface area contributed by atoms with Crippen molar-refractivity contribution >= 4 is 45.0 Å². The first kappa shape index (κ1) is 32.1. The molecule has 5 rings (SSSR count). The van der Waals surface area contributed by atoms with Gasteiger partial charge in [-0.2, -0.15) is 0 Å². The molecular formula is C35H42BrN3O5. The van der Waals surface area contributed by atoms with Crippen LogP contribution in [-0.2, 0) is 19.1 Å². The van der Waals surface area contributed by atoms with Gasteiger partial charge in [-0.05, 0) is 49.4 Å². The molecule has 1 spiro atoms. The van der Waals surface area contributed by atoms with E-state index in [0.29, 0.717) is 12.1 Å². The fraction of sp³-hybridized carbons (Fsp3) is 0.457. The van der Waals surface area contributed by atoms with Gasteiger partial charge >= 0.3 is 0 Å². The molecule has 44 heavy (non-hydrogen) atoms. The average molecular weight is 665 g/mol. The Bertz CT molecular complexity index is 1430. The van der Waals surface area contributed by atoms with Crippen molar-refractivity contribution in [3.05, 3.63) is 85.0 Å². The third-order valence-electron chi connectivity index (χ3n) is 9.49. The quantitative estimate of drug-likeness (QED) is 0.275. The third kappa shape index (κ3) is 5.03. The highest BCUT2D eigenvalue weighted by molar-refractivity contribution is 9.09. The molecule has 2 aromatic rings. The molecule has 2 bridgehead atoms. The Labute approximate surface area is 268 Å². The lowest BCUT2D eigenvalue weighted by atomic mass is 9.70. The molecule has 234 valence electrons. The van der Waals surface area contributed by atoms with E-state index in [1.807, 2.05) is 76.2 Å². The maximum atomic E-state index is 15.0. The Kier molecular flexibility index (Phi) is 9.21. The fourth-order valence-electron chi connectivity index (χ4n) is 7.65. The topological polar surface area (TPSA) is 90.4 Å². The smallest absolute Gasteiger partial charge is 0.253 e. The highest BCUT2D eigenvalue weighted by Crippen LogP contribution is 2.61. The SMILES string of the molecule is C=CCN(C(=O)[C@H]1[C@H]2C(=O)N([C@@H](CO)C(C)C)C(C(=O)N(CC=C)c3c(C)cccc3C)C23CC(Br)[C@@H]1O3)c1ccccc1. The molecule has 3 saturated heterocycles. The second-order valence-electron chi connectivity index (χ2n) is 12.5. The van der Waals surface area contributed by atoms with E-state index in [1.54, 1.807) is 26.9 Å². The highest BCUT2D eigenvalue weighted by Gasteiger charge is 2.77. The first-order valence-electron chi connectivity index (χ1n) is 15.2. The molecule has 3 aliphatic rings. The number of para-hydroxylation sites is 2. The maximum absolute atomic E-state index is 15.0. The number of rotatable bonds is 11. The van der Waals surface area contributed by atoms with E-state index in [9.17, 15) is 14.7 Å². The van der Waals surface area contributed by atoms with Gasteiger partial charge in [-0.1, -0.05) is 78.3 Å². The van der Waals surface area contributed by atoms with Crippen LogP contribution in [0.3, 0.4) is 0 Å². The summed E-state index contributed by atoms with van der Waals surface area (Å²) in [6.45, 7) is 15.7. The number of aliphatic hydroxyl groups is 1. The van der Waals surface area contributed by atoms with Gasteiger partial charge in [0.2, 0.25) is 11.8 Å². The molecule has 0 aromatic heterocycles. The number of benzene rings is 2. The van der Waals surface area contributed by atoms with Crippen LogP contribution in [-0.4, -0.2) is 76.0 Å². The van der Waals surface area contributed by atoms with Crippen molar-refractivity contribution in [3.63, 3.8) is 0 Å². The standard InChI is InChI=1S/C35H42BrN3O5/c1-7-17-37(24-15-10-9-11-16-24)32(41)27-28-33(42)39(26(20-40)21(3)4)31(35(28)19-25(36)30(27)44-35)34(43)38(18-8-2)29-22(5)13-12-14-23(29)6/h7-16,21,25-28,30-31,40H,1-2,17-20H2,3-6H3/t25?,26-,27-,28-,30-,31?,35?/m0/s1. The van der Waals surface area contributed by atoms with E-state index in [0.717, 1.165) is 16.8 Å². The van der Waals surface area contributed by atoms with E-state index >= 15 is 4.79 Å². The first-order chi connectivity index (χ1) is 21.0. The molecule has 3 heterocycles. The molecular weight excluding hydrogens is 622 g/mol. The maximum Gasteiger partial charge on any atom is 0.253 e. The van der Waals surface area contributed by atoms with Crippen molar-refractivity contribution < 1.29 is 24.2 Å². The third-order valence-corrected chi connectivity index (χ3v) is 10.3. The number of nitrogens with zero attached hydrogens (tertiary/aromatic N) is 3. The van der Waals surface area contributed by atoms with Crippen molar-refractivity contribution in [2.24, 2.45) is 17.8 Å². The van der Waals surface area contributed by atoms with Crippen LogP contribution >= 0.6 is 15.9 Å². The van der Waals surface area contributed by atoms with Gasteiger partial charge in [0.15, 0.2) is 0 Å². The molecule has 1 N–H and O–H groups in total. The minimum absolute atomic E-state index is 0.157. The number of likely N-dealkylation sites (tertiary alicyclic amines) is 1. The summed E-state index contributed by atoms with van der Waals surface area (Å²) in [5.74, 6) is -2.77. The summed E-state index contributed by atoms with van der Waals surface area (Å²) in [5.41, 5.74) is 2.02. The lowest BCUT2D eigenvalue weighted by molar-refractivity contribution is -0.145. The number of hydrogen-bond donors (Lipinski definition) is 1. The van der Waals surface area contributed by atoms with Crippen LogP contribution in [0.5, 0.6) is 0 Å². The molecule has 7 atom stereocenters. The first-order valence-corrected chi connectivity index (χ1v) is 16.2. The lowest BCUT2D eigenvalue weighted by Gasteiger charge is -2.41. The van der Waals surface area contributed by atoms with Crippen molar-refractivity contribution in [1.29, 1.82) is 0 Å². The van der Waals surface area contributed by atoms with Gasteiger partial charge in [0.25, 0.3) is 5.91 Å². The molecule has 8 nitrogen and oxygen atoms in total. The number of anilines is 2. The average Bonchev–Trinajstić information content (AvgIpc) is 3.59. The number of fused-ring (bicyclic) bond motifs is 1. The van der Waals surface area contributed by atoms with Crippen LogP contribution in [0, 0.1) is 31.6 Å². The number of alkyl halides is 1. The summed E-state index contributed by atoms with van der Waals surface area (Å²) in [6.07, 6.45) is 3.10. The molecule has 2 aromatic carbocycles. The van der Waals surface area contributed by atoms with Gasteiger partial charge < -0.3 is 24.5 Å². The minimum Gasteiger partial charge on any atom is -0.394 e. The normalized spacial score (nSPS) is 27.8. The van der Waals surface area contributed by atoms with Crippen molar-refractivity contribution in [1.82, 2.24) is 4.90 Å². The Balaban J connectivity index is 1.66. The summed E-state index contributed by atoms with van der Waals surface area (Å²) < 4.78 is 6.79. The molecule has 3 unspecified atom stereocenters. The summed E-state index contributed by atoms with van der Waals surface area (Å²) in [6, 6.07) is 13.5. The van der Waals surface area contributed by atoms with Gasteiger partial charge in [-0.15, -0.1) is 13.2 Å². The van der Waals surface area contributed by atoms with Gasteiger partial charge in [-0.3, -0.25) is 14.4 Å². The van der Waals surface area contributed by atoms with Crippen LogP contribution in [0.25, 0.3) is 0 Å². The number of halogens is 1. The molecule has 3 aliphatic heterocycles. The second-order valence-corrected chi connectivity index (χ2v) is 13.6. The highest BCUT2D eigenvalue weighted by atomic mass is 79.9. The number of hydrogen-bond acceptors (Lipinski definition) is 5. The van der Waals surface area contributed by atoms with Gasteiger partial charge in [0.1, 0.15) is 11.6 Å². The molecule has 0 aliphatic carbocycles. The summed E-state index contributed by atoms with van der Waals surface area (Å²) >= 11 is 3.78. The Morgan fingerprint density at radius 3 is 2.23 bits per heavy atom. The van der Waals surface area contributed by atoms with E-state index in [-0.39, 0.29) is 48.2 Å². The van der Waals surface area contributed by atoms with E-state index < -0.39 is 35.6 Å². The lowest BCUT2D eigenvalue weighted by Crippen LogP contribution is -2.60. The van der Waals surface area contributed by atoms with Crippen LogP contribution in [0.15, 0.2) is 73.8 Å². The zero-order valence-corrected chi connectivity index (χ0v) is 27.4. The molecule has 0 radical (unpaired) electrons. The number of ether oxygens (including phenoxy) is 1. The molecule has 3 amide bonds. The summed E-state index contributed by atoms with van der Waals surface area (Å²) in [5, 5.41) is 10.6. The van der Waals surface area contributed by atoms with Crippen LogP contribution in [0.2, 0.25) is 0 Å². The van der Waals surface area contributed by atoms with Gasteiger partial charge in [-0.25, -0.2) is 0 Å². The fourth-order valence-corrected chi connectivity index (χ4v) is 8.59. The van der Waals surface area contributed by atoms with Gasteiger partial charge in [0, 0.05) is 29.3 Å². The predicted octanol–water partition coefficient (Wildman–Crippen LogP) is 4.81. The largest absolute Gasteiger partial charge is 0.394 e. The Morgan fingerprint density at radius 2 is 1.66 bits per heavy atom. The Morgan fingerprint density at radius 1 is 1.05 bits per heavy atom. The summed E-state index contributed by atoms with van der Waals surface area (Å²) in [7, 11) is 0. The van der Waals surface area contributed by atoms with E-state index in [4.69, 9.17) is 4.74 Å². The minimum atomic E-state index is -1.26. The van der Waals surface area contributed by atoms with Crippen molar-refractivity contribution in [2.75, 3.05) is 29.5 Å².